The van der Waals surface area contributed by atoms with Crippen LogP contribution in [-0.4, -0.2) is 20.8 Å². The van der Waals surface area contributed by atoms with Gasteiger partial charge in [-0.05, 0) is 24.4 Å². The van der Waals surface area contributed by atoms with Gasteiger partial charge in [0.1, 0.15) is 5.71 Å². The Bertz CT molecular complexity index is 949. The largest absolute Gasteiger partial charge is 0.375 e. The Kier molecular flexibility index (Phi) is 4.11. The van der Waals surface area contributed by atoms with E-state index in [0.29, 0.717) is 16.7 Å². The number of fused-ring (bicyclic) bond motifs is 1. The molecular formula is C16H13N5OS. The molecule has 0 unspecified atom stereocenters. The summed E-state index contributed by atoms with van der Waals surface area (Å²) in [6, 6.07) is 16.5. The van der Waals surface area contributed by atoms with Gasteiger partial charge in [-0.15, -0.1) is 0 Å². The van der Waals surface area contributed by atoms with Crippen LogP contribution >= 0.6 is 12.2 Å². The third-order valence-corrected chi connectivity index (χ3v) is 3.24. The third-order valence-electron chi connectivity index (χ3n) is 3.15. The first-order chi connectivity index (χ1) is 11.1. The van der Waals surface area contributed by atoms with E-state index >= 15 is 0 Å². The summed E-state index contributed by atoms with van der Waals surface area (Å²) in [5, 5.41) is 4.16. The molecule has 3 aromatic rings. The molecule has 2 aromatic carbocycles. The summed E-state index contributed by atoms with van der Waals surface area (Å²) >= 11 is 4.78. The van der Waals surface area contributed by atoms with Gasteiger partial charge in [-0.25, -0.2) is 4.98 Å². The predicted molar refractivity (Wildman–Crippen MR) is 94.4 cm³/mol. The van der Waals surface area contributed by atoms with Gasteiger partial charge >= 0.3 is 0 Å². The molecule has 0 amide bonds. The summed E-state index contributed by atoms with van der Waals surface area (Å²) in [6.45, 7) is 0. The summed E-state index contributed by atoms with van der Waals surface area (Å²) in [5.41, 5.74) is 10.2. The molecule has 0 saturated heterocycles. The Balaban J connectivity index is 2.21. The van der Waals surface area contributed by atoms with E-state index in [9.17, 15) is 4.79 Å². The monoisotopic (exact) mass is 323 g/mol. The minimum atomic E-state index is -0.337. The molecule has 3 rings (SSSR count). The predicted octanol–water partition coefficient (Wildman–Crippen LogP) is 1.51. The van der Waals surface area contributed by atoms with Crippen LogP contribution in [0.1, 0.15) is 11.3 Å². The summed E-state index contributed by atoms with van der Waals surface area (Å²) in [6.07, 6.45) is 0. The molecule has 114 valence electrons. The van der Waals surface area contributed by atoms with Gasteiger partial charge in [0.15, 0.2) is 10.8 Å². The zero-order valence-electron chi connectivity index (χ0n) is 12.0. The van der Waals surface area contributed by atoms with Crippen molar-refractivity contribution in [1.29, 1.82) is 0 Å². The molecule has 0 fully saturated rings. The molecule has 7 heteroatoms. The molecule has 4 N–H and O–H groups in total. The van der Waals surface area contributed by atoms with E-state index in [1.54, 1.807) is 6.07 Å². The molecule has 0 saturated carbocycles. The van der Waals surface area contributed by atoms with Gasteiger partial charge < -0.3 is 10.7 Å². The fourth-order valence-electron chi connectivity index (χ4n) is 2.15. The van der Waals surface area contributed by atoms with Crippen molar-refractivity contribution in [1.82, 2.24) is 15.4 Å². The fraction of sp³-hybridized carbons (Fsp3) is 0. The SMILES string of the molecule is NC(=S)N/N=C(/c1ccccc1)c1nc2ccccc2[nH]c1=O. The average molecular weight is 323 g/mol. The number of hydrazone groups is 1. The van der Waals surface area contributed by atoms with Crippen LogP contribution < -0.4 is 16.7 Å². The van der Waals surface area contributed by atoms with Gasteiger partial charge in [0.05, 0.1) is 11.0 Å². The number of benzene rings is 2. The first-order valence-corrected chi connectivity index (χ1v) is 7.24. The smallest absolute Gasteiger partial charge is 0.276 e. The van der Waals surface area contributed by atoms with Crippen LogP contribution in [0.25, 0.3) is 11.0 Å². The number of hydrogen-bond donors (Lipinski definition) is 3. The Labute approximate surface area is 137 Å². The highest BCUT2D eigenvalue weighted by Crippen LogP contribution is 2.10. The van der Waals surface area contributed by atoms with Gasteiger partial charge in [-0.1, -0.05) is 42.5 Å². The maximum atomic E-state index is 12.4. The highest BCUT2D eigenvalue weighted by Gasteiger charge is 2.14. The molecule has 0 spiro atoms. The molecule has 1 aromatic heterocycles. The maximum Gasteiger partial charge on any atom is 0.276 e. The lowest BCUT2D eigenvalue weighted by Crippen LogP contribution is -2.28. The third kappa shape index (κ3) is 3.24. The highest BCUT2D eigenvalue weighted by atomic mass is 32.1. The number of rotatable bonds is 3. The van der Waals surface area contributed by atoms with E-state index in [-0.39, 0.29) is 16.4 Å². The van der Waals surface area contributed by atoms with Gasteiger partial charge in [0, 0.05) is 5.56 Å². The number of aromatic amines is 1. The van der Waals surface area contributed by atoms with E-state index in [2.05, 4.69) is 20.5 Å². The van der Waals surface area contributed by atoms with Crippen molar-refractivity contribution in [2.45, 2.75) is 0 Å². The molecule has 0 bridgehead atoms. The maximum absolute atomic E-state index is 12.4. The molecule has 1 heterocycles. The first-order valence-electron chi connectivity index (χ1n) is 6.83. The highest BCUT2D eigenvalue weighted by molar-refractivity contribution is 7.80. The van der Waals surface area contributed by atoms with Crippen molar-refractivity contribution in [3.8, 4) is 0 Å². The van der Waals surface area contributed by atoms with Crippen molar-refractivity contribution in [3.05, 3.63) is 76.2 Å². The second kappa shape index (κ2) is 6.37. The molecular weight excluding hydrogens is 310 g/mol. The van der Waals surface area contributed by atoms with Crippen LogP contribution in [0.5, 0.6) is 0 Å². The lowest BCUT2D eigenvalue weighted by atomic mass is 10.1. The van der Waals surface area contributed by atoms with Crippen molar-refractivity contribution in [2.75, 3.05) is 0 Å². The molecule has 0 aliphatic carbocycles. The van der Waals surface area contributed by atoms with Crippen LogP contribution in [0.3, 0.4) is 0 Å². The minimum Gasteiger partial charge on any atom is -0.375 e. The van der Waals surface area contributed by atoms with Gasteiger partial charge in [-0.3, -0.25) is 10.2 Å². The molecule has 6 nitrogen and oxygen atoms in total. The number of hydrogen-bond acceptors (Lipinski definition) is 4. The minimum absolute atomic E-state index is 0.00986. The van der Waals surface area contributed by atoms with Crippen molar-refractivity contribution >= 4 is 34.1 Å². The van der Waals surface area contributed by atoms with Crippen LogP contribution in [0.2, 0.25) is 0 Å². The summed E-state index contributed by atoms with van der Waals surface area (Å²) < 4.78 is 0. The normalized spacial score (nSPS) is 11.4. The Morgan fingerprint density at radius 1 is 1.13 bits per heavy atom. The Morgan fingerprint density at radius 3 is 2.57 bits per heavy atom. The van der Waals surface area contributed by atoms with Gasteiger partial charge in [-0.2, -0.15) is 5.10 Å². The Hall–Kier alpha value is -3.06. The second-order valence-electron chi connectivity index (χ2n) is 4.73. The molecule has 0 aliphatic rings. The molecule has 0 atom stereocenters. The molecule has 0 radical (unpaired) electrons. The zero-order valence-corrected chi connectivity index (χ0v) is 12.8. The Morgan fingerprint density at radius 2 is 1.83 bits per heavy atom. The van der Waals surface area contributed by atoms with Crippen molar-refractivity contribution in [2.24, 2.45) is 10.8 Å². The van der Waals surface area contributed by atoms with E-state index in [4.69, 9.17) is 18.0 Å². The number of para-hydroxylation sites is 2. The molecule has 23 heavy (non-hydrogen) atoms. The average Bonchev–Trinajstić information content (AvgIpc) is 2.56. The van der Waals surface area contributed by atoms with E-state index in [1.165, 1.54) is 0 Å². The topological polar surface area (TPSA) is 96.2 Å². The van der Waals surface area contributed by atoms with Gasteiger partial charge in [0.25, 0.3) is 5.56 Å². The first kappa shape index (κ1) is 14.9. The summed E-state index contributed by atoms with van der Waals surface area (Å²) in [5.74, 6) is 0. The molecule has 0 aliphatic heterocycles. The second-order valence-corrected chi connectivity index (χ2v) is 5.17. The van der Waals surface area contributed by atoms with Crippen LogP contribution in [0, 0.1) is 0 Å². The van der Waals surface area contributed by atoms with Crippen molar-refractivity contribution < 1.29 is 0 Å². The van der Waals surface area contributed by atoms with E-state index < -0.39 is 0 Å². The van der Waals surface area contributed by atoms with E-state index in [0.717, 1.165) is 5.56 Å². The van der Waals surface area contributed by atoms with E-state index in [1.807, 2.05) is 48.5 Å². The van der Waals surface area contributed by atoms with Crippen LogP contribution in [-0.2, 0) is 0 Å². The number of nitrogens with zero attached hydrogens (tertiary/aromatic N) is 2. The number of aromatic nitrogens is 2. The number of nitrogens with one attached hydrogen (secondary N) is 2. The number of nitrogens with two attached hydrogens (primary N) is 1. The summed E-state index contributed by atoms with van der Waals surface area (Å²) in [4.78, 5) is 19.6. The summed E-state index contributed by atoms with van der Waals surface area (Å²) in [7, 11) is 0. The lowest BCUT2D eigenvalue weighted by Gasteiger charge is -2.07. The fourth-order valence-corrected chi connectivity index (χ4v) is 2.20. The van der Waals surface area contributed by atoms with Crippen molar-refractivity contribution in [3.63, 3.8) is 0 Å². The zero-order chi connectivity index (χ0) is 16.2. The number of thiocarbonyl (C=S) groups is 1. The van der Waals surface area contributed by atoms with Crippen LogP contribution in [0.4, 0.5) is 0 Å². The van der Waals surface area contributed by atoms with Gasteiger partial charge in [0.2, 0.25) is 0 Å². The lowest BCUT2D eigenvalue weighted by molar-refractivity contribution is 1.02. The quantitative estimate of drug-likeness (QED) is 0.386. The standard InChI is InChI=1S/C16H13N5OS/c17-16(23)21-20-13(10-6-2-1-3-7-10)14-15(22)19-12-9-5-4-8-11(12)18-14/h1-9H,(H,19,22)(H3,17,21,23)/b20-13-. The van der Waals surface area contributed by atoms with Crippen LogP contribution in [0.15, 0.2) is 64.5 Å². The number of H-pyrrole nitrogens is 1.